The molecule has 0 amide bonds. The van der Waals surface area contributed by atoms with Crippen LogP contribution in [0.5, 0.6) is 0 Å². The summed E-state index contributed by atoms with van der Waals surface area (Å²) in [6.07, 6.45) is 36.8. The minimum absolute atomic E-state index is 1.19. The zero-order chi connectivity index (χ0) is 21.5. The lowest BCUT2D eigenvalue weighted by molar-refractivity contribution is -0.696. The number of hydrogen-bond acceptors (Lipinski definition) is 0. The van der Waals surface area contributed by atoms with E-state index in [1.54, 1.807) is 0 Å². The van der Waals surface area contributed by atoms with Crippen LogP contribution in [0.4, 0.5) is 0 Å². The molecule has 0 bridgehead atoms. The van der Waals surface area contributed by atoms with Crippen LogP contribution in [0.15, 0.2) is 18.7 Å². The summed E-state index contributed by atoms with van der Waals surface area (Å²) >= 11 is 0. The van der Waals surface area contributed by atoms with Crippen LogP contribution in [0.3, 0.4) is 0 Å². The third-order valence-corrected chi connectivity index (χ3v) is 6.54. The second-order valence-corrected chi connectivity index (χ2v) is 9.61. The molecule has 2 heteroatoms. The van der Waals surface area contributed by atoms with Crippen molar-refractivity contribution < 1.29 is 4.57 Å². The maximum absolute atomic E-state index is 2.39. The molecule has 1 heterocycles. The lowest BCUT2D eigenvalue weighted by atomic mass is 10.0. The Balaban J connectivity index is 1.82. The molecule has 0 unspecified atom stereocenters. The lowest BCUT2D eigenvalue weighted by Gasteiger charge is -2.03. The quantitative estimate of drug-likeness (QED) is 0.124. The van der Waals surface area contributed by atoms with Crippen molar-refractivity contribution in [3.8, 4) is 0 Å². The summed E-state index contributed by atoms with van der Waals surface area (Å²) in [6.45, 7) is 6.98. The predicted octanol–water partition coefficient (Wildman–Crippen LogP) is 9.01. The molecule has 0 spiro atoms. The van der Waals surface area contributed by atoms with Crippen LogP contribution in [-0.4, -0.2) is 4.57 Å². The summed E-state index contributed by atoms with van der Waals surface area (Å²) in [7, 11) is 0. The van der Waals surface area contributed by atoms with Crippen LogP contribution in [0.1, 0.15) is 149 Å². The molecular formula is C28H55N2+. The van der Waals surface area contributed by atoms with Crippen molar-refractivity contribution in [2.24, 2.45) is 0 Å². The SMILES string of the molecule is CCCCCCCCCCCCCCCCC[n+]1ccn(CCCCCCCC)c1. The molecule has 0 radical (unpaired) electrons. The van der Waals surface area contributed by atoms with Crippen molar-refractivity contribution in [2.75, 3.05) is 0 Å². The molecule has 0 N–H and O–H groups in total. The smallest absolute Gasteiger partial charge is 0.237 e. The van der Waals surface area contributed by atoms with Gasteiger partial charge in [-0.3, -0.25) is 0 Å². The fraction of sp³-hybridized carbons (Fsp3) is 0.893. The van der Waals surface area contributed by atoms with Crippen molar-refractivity contribution in [3.63, 3.8) is 0 Å². The van der Waals surface area contributed by atoms with Gasteiger partial charge < -0.3 is 0 Å². The Labute approximate surface area is 189 Å². The number of hydrogen-bond donors (Lipinski definition) is 0. The van der Waals surface area contributed by atoms with E-state index in [0.717, 1.165) is 0 Å². The van der Waals surface area contributed by atoms with Crippen LogP contribution in [-0.2, 0) is 13.1 Å². The Bertz CT molecular complexity index is 451. The minimum Gasteiger partial charge on any atom is -0.237 e. The fourth-order valence-corrected chi connectivity index (χ4v) is 4.44. The number of aryl methyl sites for hydroxylation is 2. The van der Waals surface area contributed by atoms with Crippen molar-refractivity contribution in [1.82, 2.24) is 4.57 Å². The number of aromatic nitrogens is 2. The van der Waals surface area contributed by atoms with Crippen LogP contribution in [0.25, 0.3) is 0 Å². The zero-order valence-electron chi connectivity index (χ0n) is 20.9. The van der Waals surface area contributed by atoms with E-state index in [0.29, 0.717) is 0 Å². The summed E-state index contributed by atoms with van der Waals surface area (Å²) in [4.78, 5) is 0. The molecule has 30 heavy (non-hydrogen) atoms. The van der Waals surface area contributed by atoms with E-state index in [1.807, 2.05) is 0 Å². The highest BCUT2D eigenvalue weighted by atomic mass is 15.1. The van der Waals surface area contributed by atoms with Gasteiger partial charge in [0.15, 0.2) is 0 Å². The first-order chi connectivity index (χ1) is 14.9. The van der Waals surface area contributed by atoms with Gasteiger partial charge in [-0.15, -0.1) is 0 Å². The fourth-order valence-electron chi connectivity index (χ4n) is 4.44. The molecule has 0 aromatic carbocycles. The topological polar surface area (TPSA) is 8.81 Å². The van der Waals surface area contributed by atoms with Gasteiger partial charge in [0.2, 0.25) is 6.33 Å². The molecule has 176 valence electrons. The summed E-state index contributed by atoms with van der Waals surface area (Å²) in [5.41, 5.74) is 0. The highest BCUT2D eigenvalue weighted by molar-refractivity contribution is 4.66. The van der Waals surface area contributed by atoms with Gasteiger partial charge in [0, 0.05) is 0 Å². The first kappa shape index (κ1) is 27.2. The minimum atomic E-state index is 1.19. The van der Waals surface area contributed by atoms with E-state index in [-0.39, 0.29) is 0 Å². The highest BCUT2D eigenvalue weighted by Crippen LogP contribution is 2.13. The van der Waals surface area contributed by atoms with Gasteiger partial charge in [-0.25, -0.2) is 9.13 Å². The molecule has 1 rings (SSSR count). The van der Waals surface area contributed by atoms with Crippen molar-refractivity contribution in [3.05, 3.63) is 18.7 Å². The average Bonchev–Trinajstić information content (AvgIpc) is 3.21. The summed E-state index contributed by atoms with van der Waals surface area (Å²) in [5, 5.41) is 0. The van der Waals surface area contributed by atoms with Crippen LogP contribution in [0, 0.1) is 0 Å². The molecule has 0 aliphatic heterocycles. The van der Waals surface area contributed by atoms with E-state index in [4.69, 9.17) is 0 Å². The van der Waals surface area contributed by atoms with E-state index >= 15 is 0 Å². The zero-order valence-corrected chi connectivity index (χ0v) is 20.9. The molecule has 0 fully saturated rings. The van der Waals surface area contributed by atoms with E-state index in [9.17, 15) is 0 Å². The van der Waals surface area contributed by atoms with Gasteiger partial charge in [0.05, 0.1) is 13.1 Å². The van der Waals surface area contributed by atoms with Crippen LogP contribution in [0.2, 0.25) is 0 Å². The second kappa shape index (κ2) is 21.4. The lowest BCUT2D eigenvalue weighted by Crippen LogP contribution is -2.30. The predicted molar refractivity (Wildman–Crippen MR) is 133 cm³/mol. The number of nitrogens with zero attached hydrogens (tertiary/aromatic N) is 2. The molecule has 1 aromatic heterocycles. The van der Waals surface area contributed by atoms with Gasteiger partial charge in [0.25, 0.3) is 0 Å². The largest absolute Gasteiger partial charge is 0.243 e. The van der Waals surface area contributed by atoms with Gasteiger partial charge in [0.1, 0.15) is 12.4 Å². The number of unbranched alkanes of at least 4 members (excludes halogenated alkanes) is 19. The highest BCUT2D eigenvalue weighted by Gasteiger charge is 2.03. The molecule has 2 nitrogen and oxygen atoms in total. The standard InChI is InChI=1S/C28H55N2/c1-3-5-7-9-11-12-13-14-15-16-17-18-19-21-23-25-30-27-26-29(28-30)24-22-20-10-8-6-4-2/h26-28H,3-25H2,1-2H3/q+1. The van der Waals surface area contributed by atoms with Crippen molar-refractivity contribution >= 4 is 0 Å². The summed E-state index contributed by atoms with van der Waals surface area (Å²) < 4.78 is 4.77. The third-order valence-electron chi connectivity index (χ3n) is 6.54. The van der Waals surface area contributed by atoms with Crippen LogP contribution >= 0.6 is 0 Å². The number of imidazole rings is 1. The Morgan fingerprint density at radius 3 is 1.37 bits per heavy atom. The molecule has 0 atom stereocenters. The summed E-state index contributed by atoms with van der Waals surface area (Å²) in [5.74, 6) is 0. The molecule has 0 saturated heterocycles. The van der Waals surface area contributed by atoms with E-state index in [2.05, 4.69) is 41.7 Å². The first-order valence-electron chi connectivity index (χ1n) is 13.9. The monoisotopic (exact) mass is 419 g/mol. The maximum Gasteiger partial charge on any atom is 0.243 e. The van der Waals surface area contributed by atoms with Gasteiger partial charge in [-0.1, -0.05) is 123 Å². The molecular weight excluding hydrogens is 364 g/mol. The molecule has 1 aromatic rings. The van der Waals surface area contributed by atoms with Crippen molar-refractivity contribution in [1.29, 1.82) is 0 Å². The number of rotatable bonds is 23. The molecule has 0 aliphatic rings. The van der Waals surface area contributed by atoms with Crippen LogP contribution < -0.4 is 4.57 Å². The van der Waals surface area contributed by atoms with E-state index in [1.165, 1.54) is 148 Å². The van der Waals surface area contributed by atoms with Gasteiger partial charge >= 0.3 is 0 Å². The molecule has 0 aliphatic carbocycles. The normalized spacial score (nSPS) is 11.4. The third kappa shape index (κ3) is 16.9. The van der Waals surface area contributed by atoms with E-state index < -0.39 is 0 Å². The van der Waals surface area contributed by atoms with Crippen molar-refractivity contribution in [2.45, 2.75) is 162 Å². The Kier molecular flexibility index (Phi) is 19.5. The second-order valence-electron chi connectivity index (χ2n) is 9.61. The first-order valence-corrected chi connectivity index (χ1v) is 13.9. The molecule has 0 saturated carbocycles. The maximum atomic E-state index is 2.39. The Morgan fingerprint density at radius 1 is 0.500 bits per heavy atom. The summed E-state index contributed by atoms with van der Waals surface area (Å²) in [6, 6.07) is 0. The van der Waals surface area contributed by atoms with Gasteiger partial charge in [-0.05, 0) is 25.7 Å². The average molecular weight is 420 g/mol. The Hall–Kier alpha value is -0.790. The van der Waals surface area contributed by atoms with Gasteiger partial charge in [-0.2, -0.15) is 0 Å². The Morgan fingerprint density at radius 2 is 0.900 bits per heavy atom.